The number of ether oxygens (including phenoxy) is 1. The second kappa shape index (κ2) is 8.49. The molecule has 0 aliphatic rings. The van der Waals surface area contributed by atoms with Gasteiger partial charge in [-0.3, -0.25) is 4.79 Å². The molecule has 0 saturated heterocycles. The Morgan fingerprint density at radius 3 is 2.89 bits per heavy atom. The number of carboxylic acids is 1. The largest absolute Gasteiger partial charge is 0.480 e. The van der Waals surface area contributed by atoms with Gasteiger partial charge in [-0.05, 0) is 17.9 Å². The number of hydrogen-bond donors (Lipinski definition) is 2. The lowest BCUT2D eigenvalue weighted by Crippen LogP contribution is -2.44. The first-order valence-corrected chi connectivity index (χ1v) is 6.77. The Kier molecular flexibility index (Phi) is 6.91. The van der Waals surface area contributed by atoms with Crippen molar-refractivity contribution in [3.63, 3.8) is 0 Å². The monoisotopic (exact) mass is 286 g/mol. The third-order valence-electron chi connectivity index (χ3n) is 2.41. The van der Waals surface area contributed by atoms with Gasteiger partial charge < -0.3 is 20.1 Å². The lowest BCUT2D eigenvalue weighted by atomic mass is 10.3. The molecule has 6 nitrogen and oxygen atoms in total. The molecule has 2 N–H and O–H groups in total. The second-order valence-electron chi connectivity index (χ2n) is 3.87. The molecule has 0 atom stereocenters. The van der Waals surface area contributed by atoms with Crippen LogP contribution in [0.2, 0.25) is 0 Å². The van der Waals surface area contributed by atoms with Crippen molar-refractivity contribution in [1.82, 2.24) is 10.2 Å². The van der Waals surface area contributed by atoms with Crippen LogP contribution in [0.1, 0.15) is 4.88 Å². The molecule has 0 saturated carbocycles. The molecule has 7 heteroatoms. The molecule has 0 radical (unpaired) electrons. The van der Waals surface area contributed by atoms with E-state index in [1.165, 1.54) is 16.9 Å². The number of carbonyl (C=O) groups is 2. The lowest BCUT2D eigenvalue weighted by molar-refractivity contribution is -0.137. The minimum Gasteiger partial charge on any atom is -0.480 e. The van der Waals surface area contributed by atoms with Crippen LogP contribution in [0.5, 0.6) is 0 Å². The molecular weight excluding hydrogens is 268 g/mol. The van der Waals surface area contributed by atoms with Crippen molar-refractivity contribution in [1.29, 1.82) is 0 Å². The third kappa shape index (κ3) is 6.21. The Bertz CT molecular complexity index is 394. The lowest BCUT2D eigenvalue weighted by Gasteiger charge is -2.20. The number of urea groups is 1. The van der Waals surface area contributed by atoms with E-state index in [9.17, 15) is 9.59 Å². The summed E-state index contributed by atoms with van der Waals surface area (Å²) in [7, 11) is 1.51. The minimum atomic E-state index is -1.04. The molecule has 19 heavy (non-hydrogen) atoms. The van der Waals surface area contributed by atoms with Crippen molar-refractivity contribution in [2.45, 2.75) is 6.42 Å². The maximum absolute atomic E-state index is 11.8. The summed E-state index contributed by atoms with van der Waals surface area (Å²) in [6.45, 7) is 0.732. The van der Waals surface area contributed by atoms with Gasteiger partial charge >= 0.3 is 12.0 Å². The fraction of sp³-hybridized carbons (Fsp3) is 0.500. The van der Waals surface area contributed by atoms with Gasteiger partial charge in [-0.15, -0.1) is 11.3 Å². The van der Waals surface area contributed by atoms with Gasteiger partial charge in [0.25, 0.3) is 0 Å². The van der Waals surface area contributed by atoms with Gasteiger partial charge in [0.2, 0.25) is 0 Å². The van der Waals surface area contributed by atoms with Gasteiger partial charge in [0, 0.05) is 25.1 Å². The van der Waals surface area contributed by atoms with E-state index in [-0.39, 0.29) is 19.1 Å². The van der Waals surface area contributed by atoms with E-state index in [1.807, 2.05) is 17.5 Å². The summed E-state index contributed by atoms with van der Waals surface area (Å²) in [6.07, 6.45) is 0.745. The fourth-order valence-electron chi connectivity index (χ4n) is 1.48. The molecule has 1 aromatic heterocycles. The highest BCUT2D eigenvalue weighted by Crippen LogP contribution is 2.08. The van der Waals surface area contributed by atoms with Crippen molar-refractivity contribution in [2.24, 2.45) is 0 Å². The van der Waals surface area contributed by atoms with Crippen LogP contribution in [0.3, 0.4) is 0 Å². The molecule has 0 bridgehead atoms. The van der Waals surface area contributed by atoms with Crippen LogP contribution < -0.4 is 5.32 Å². The summed E-state index contributed by atoms with van der Waals surface area (Å²) < 4.78 is 4.85. The summed E-state index contributed by atoms with van der Waals surface area (Å²) in [5.41, 5.74) is 0. The van der Waals surface area contributed by atoms with Crippen LogP contribution in [0.15, 0.2) is 17.5 Å². The zero-order chi connectivity index (χ0) is 14.1. The molecule has 0 fully saturated rings. The maximum Gasteiger partial charge on any atom is 0.323 e. The molecular formula is C12H18N2O4S. The zero-order valence-electron chi connectivity index (χ0n) is 10.8. The van der Waals surface area contributed by atoms with Gasteiger partial charge in [-0.25, -0.2) is 4.79 Å². The quantitative estimate of drug-likeness (QED) is 0.748. The van der Waals surface area contributed by atoms with E-state index in [0.29, 0.717) is 13.2 Å². The Labute approximate surface area is 116 Å². The molecule has 0 aromatic carbocycles. The van der Waals surface area contributed by atoms with E-state index in [1.54, 1.807) is 11.3 Å². The van der Waals surface area contributed by atoms with Crippen LogP contribution in [0.4, 0.5) is 4.79 Å². The number of carbonyl (C=O) groups excluding carboxylic acids is 1. The predicted molar refractivity (Wildman–Crippen MR) is 72.5 cm³/mol. The number of hydrogen-bond acceptors (Lipinski definition) is 4. The molecule has 0 aliphatic heterocycles. The topological polar surface area (TPSA) is 78.9 Å². The number of amides is 2. The standard InChI is InChI=1S/C12H18N2O4S/c1-18-7-6-14(9-11(15)16)12(17)13-5-4-10-3-2-8-19-10/h2-3,8H,4-7,9H2,1H3,(H,13,17)(H,15,16). The number of nitrogens with zero attached hydrogens (tertiary/aromatic N) is 1. The number of nitrogens with one attached hydrogen (secondary N) is 1. The molecule has 1 rings (SSSR count). The summed E-state index contributed by atoms with van der Waals surface area (Å²) in [5.74, 6) is -1.04. The summed E-state index contributed by atoms with van der Waals surface area (Å²) in [5, 5.41) is 13.4. The van der Waals surface area contributed by atoms with Crippen molar-refractivity contribution < 1.29 is 19.4 Å². The van der Waals surface area contributed by atoms with Crippen LogP contribution in [0, 0.1) is 0 Å². The van der Waals surface area contributed by atoms with Crippen molar-refractivity contribution in [3.05, 3.63) is 22.4 Å². The molecule has 1 heterocycles. The second-order valence-corrected chi connectivity index (χ2v) is 4.90. The average molecular weight is 286 g/mol. The Hall–Kier alpha value is -1.60. The van der Waals surface area contributed by atoms with Gasteiger partial charge in [0.1, 0.15) is 6.54 Å². The number of carboxylic acid groups (broad SMARTS) is 1. The van der Waals surface area contributed by atoms with Crippen LogP contribution in [-0.2, 0) is 16.0 Å². The molecule has 106 valence electrons. The highest BCUT2D eigenvalue weighted by Gasteiger charge is 2.15. The first-order chi connectivity index (χ1) is 9.13. The van der Waals surface area contributed by atoms with Crippen molar-refractivity contribution in [3.8, 4) is 0 Å². The third-order valence-corrected chi connectivity index (χ3v) is 3.34. The minimum absolute atomic E-state index is 0.258. The SMILES string of the molecule is COCCN(CC(=O)O)C(=O)NCCc1cccs1. The molecule has 0 unspecified atom stereocenters. The van der Waals surface area contributed by atoms with Crippen molar-refractivity contribution >= 4 is 23.3 Å². The van der Waals surface area contributed by atoms with Crippen LogP contribution in [0.25, 0.3) is 0 Å². The summed E-state index contributed by atoms with van der Waals surface area (Å²) in [6, 6.07) is 3.57. The molecule has 0 aliphatic carbocycles. The van der Waals surface area contributed by atoms with Crippen LogP contribution in [-0.4, -0.2) is 55.4 Å². The number of methoxy groups -OCH3 is 1. The van der Waals surface area contributed by atoms with E-state index in [4.69, 9.17) is 9.84 Å². The fourth-order valence-corrected chi connectivity index (χ4v) is 2.19. The van der Waals surface area contributed by atoms with E-state index < -0.39 is 5.97 Å². The van der Waals surface area contributed by atoms with Gasteiger partial charge in [0.05, 0.1) is 6.61 Å². The van der Waals surface area contributed by atoms with E-state index >= 15 is 0 Å². The van der Waals surface area contributed by atoms with E-state index in [0.717, 1.165) is 6.42 Å². The Balaban J connectivity index is 2.35. The zero-order valence-corrected chi connectivity index (χ0v) is 11.6. The molecule has 2 amide bonds. The van der Waals surface area contributed by atoms with Gasteiger partial charge in [-0.2, -0.15) is 0 Å². The normalized spacial score (nSPS) is 10.2. The van der Waals surface area contributed by atoms with Gasteiger partial charge in [-0.1, -0.05) is 6.07 Å². The number of aliphatic carboxylic acids is 1. The first kappa shape index (κ1) is 15.5. The maximum atomic E-state index is 11.8. The van der Waals surface area contributed by atoms with E-state index in [2.05, 4.69) is 5.32 Å². The summed E-state index contributed by atoms with van der Waals surface area (Å²) in [4.78, 5) is 24.9. The van der Waals surface area contributed by atoms with Crippen molar-refractivity contribution in [2.75, 3.05) is 33.4 Å². The van der Waals surface area contributed by atoms with Crippen LogP contribution >= 0.6 is 11.3 Å². The Morgan fingerprint density at radius 1 is 1.53 bits per heavy atom. The number of rotatable bonds is 8. The first-order valence-electron chi connectivity index (χ1n) is 5.89. The highest BCUT2D eigenvalue weighted by atomic mass is 32.1. The van der Waals surface area contributed by atoms with Gasteiger partial charge in [0.15, 0.2) is 0 Å². The smallest absolute Gasteiger partial charge is 0.323 e. The molecule has 0 spiro atoms. The molecule has 1 aromatic rings. The predicted octanol–water partition coefficient (Wildman–Crippen LogP) is 1.03. The Morgan fingerprint density at radius 2 is 2.32 bits per heavy atom. The average Bonchev–Trinajstić information content (AvgIpc) is 2.87. The highest BCUT2D eigenvalue weighted by molar-refractivity contribution is 7.09. The summed E-state index contributed by atoms with van der Waals surface area (Å²) >= 11 is 1.63. The number of thiophene rings is 1.